The van der Waals surface area contributed by atoms with Gasteiger partial charge in [-0.2, -0.15) is 5.10 Å². The van der Waals surface area contributed by atoms with Crippen LogP contribution in [0, 0.1) is 5.92 Å². The Morgan fingerprint density at radius 2 is 0.945 bits per heavy atom. The molecule has 7 N–H and O–H groups in total. The van der Waals surface area contributed by atoms with Crippen LogP contribution in [0.25, 0.3) is 21.9 Å². The van der Waals surface area contributed by atoms with Crippen molar-refractivity contribution in [1.29, 1.82) is 0 Å². The average Bonchev–Trinajstić information content (AvgIpc) is 1.68. The third-order valence-electron chi connectivity index (χ3n) is 30.1. The number of H-pyrrole nitrogens is 2. The highest BCUT2D eigenvalue weighted by Gasteiger charge is 2.43. The first kappa shape index (κ1) is 133. The number of nitrogens with zero attached hydrogens (tertiary/aromatic N) is 19. The van der Waals surface area contributed by atoms with E-state index in [1.54, 1.807) is 46.5 Å². The van der Waals surface area contributed by atoms with Crippen molar-refractivity contribution < 1.29 is 24.0 Å². The molecule has 34 nitrogen and oxygen atoms in total. The summed E-state index contributed by atoms with van der Waals surface area (Å²) in [7, 11) is 21.7. The molecule has 824 valence electrons. The van der Waals surface area contributed by atoms with Gasteiger partial charge in [-0.05, 0) is 249 Å². The normalized spacial score (nSPS) is 22.3. The van der Waals surface area contributed by atoms with E-state index in [-0.39, 0.29) is 149 Å². The van der Waals surface area contributed by atoms with Crippen LogP contribution in [0.3, 0.4) is 0 Å². The lowest BCUT2D eigenvalue weighted by Gasteiger charge is -2.35. The molecule has 10 aliphatic heterocycles. The van der Waals surface area contributed by atoms with Gasteiger partial charge in [0.2, 0.25) is 5.91 Å². The average molecular weight is 2040 g/mol. The predicted octanol–water partition coefficient (Wildman–Crippen LogP) is 15.8. The number of carbonyl (C=O) groups is 5. The molecule has 10 fully saturated rings. The van der Waals surface area contributed by atoms with Crippen LogP contribution < -0.4 is 43.3 Å². The number of imidazole rings is 2. The number of piperidine rings is 1. The van der Waals surface area contributed by atoms with Gasteiger partial charge in [-0.25, -0.2) is 14.8 Å². The molecule has 26 rings (SSSR count). The Morgan fingerprint density at radius 1 is 0.384 bits per heavy atom. The Morgan fingerprint density at radius 3 is 1.57 bits per heavy atom. The zero-order valence-corrected chi connectivity index (χ0v) is 81.0. The van der Waals surface area contributed by atoms with Gasteiger partial charge in [0, 0.05) is 211 Å². The number of pyridine rings is 2. The molecule has 0 aromatic carbocycles. The SMILES string of the molecule is C.C.C.C.C.C.C.C.C.C.C.C.C.CC1=NCC2CCCN12.CC1=NCCC2CCCN12.CN1C(=O)C(=O)NC2CCCC21.CN1C(=O)NC2CCCC21.CN1CCC2C(=O)NCCC21.CN1CCNC2CCCC21.Cn1c2c(ncc1=O)CCC2.Cn1ccc2c(=O)[nH]ccc21.Cn1ccc2c1CCC2.Cn1ccc2c1CCNC2=O.Cn1cnc2c(=O)[nH]ccc21.Cn1cnc2c1CCC2.Cn1ncc2c1CCC2. The number of rotatable bonds is 0. The van der Waals surface area contributed by atoms with E-state index in [1.165, 1.54) is 195 Å². The molecule has 10 unspecified atom stereocenters. The van der Waals surface area contributed by atoms with Crippen LogP contribution in [0.2, 0.25) is 0 Å². The van der Waals surface area contributed by atoms with Gasteiger partial charge < -0.3 is 93.4 Å². The minimum atomic E-state index is -0.444. The number of aromatic amines is 2. The highest BCUT2D eigenvalue weighted by atomic mass is 16.2. The lowest BCUT2D eigenvalue weighted by Crippen LogP contribution is -2.59. The van der Waals surface area contributed by atoms with Gasteiger partial charge in [0.1, 0.15) is 0 Å². The maximum absolute atomic E-state index is 11.3. The van der Waals surface area contributed by atoms with Gasteiger partial charge in [0.25, 0.3) is 22.6 Å². The quantitative estimate of drug-likeness (QED) is 0.0693. The molecule has 34 heteroatoms. The first-order valence-electron chi connectivity index (χ1n) is 49.0. The number of hydrogen-bond donors (Lipinski definition) is 7. The fourth-order valence-electron chi connectivity index (χ4n) is 22.3. The number of aromatic nitrogens is 13. The van der Waals surface area contributed by atoms with Gasteiger partial charge in [0.05, 0.1) is 101 Å². The van der Waals surface area contributed by atoms with Gasteiger partial charge in [-0.3, -0.25) is 53.2 Å². The van der Waals surface area contributed by atoms with Gasteiger partial charge >= 0.3 is 17.8 Å². The van der Waals surface area contributed by atoms with E-state index in [9.17, 15) is 38.4 Å². The van der Waals surface area contributed by atoms with Crippen molar-refractivity contribution in [3.05, 3.63) is 174 Å². The standard InChI is InChI=1S/C8H12N2O2.C8H14N2O.C8H10N2O.C8H8N2O.C8H10N2O.C8H14N2.C8H16N2.C8H11N.C7H7N3O.C7H12N2O.2C7H10N2.C7H12N2.13CH4/c1-10-6-4-2-3-5(6)9-7(11)8(10)12;3*1-10-5-3-6-7(10)2-4-9-8(6)11;1-10-7-4-2-3-6(7)9-5-8(10)11;1-7-9-5-4-8-3-2-6-10(7)8;1-10-6-5-9-7-3-2-4-8(7)10;1-9-6-5-7-3-2-4-8(7)9;1-10-4-9-6-5(10)2-3-8-7(6)11;1-9-6-4-2-3-5(6)8-7(9)10;1-9-5-8-6-3-2-4-7(6)9;1-9-7-4-2-3-6(7)5-8-9;1-6-8-5-7-3-2-4-9(6)7;;;;;;;;;;;;;/h5-6H,2-4H2,1H3,(H,9,11);6-7H,2-5H2,1H3,(H,9,11);3,5H,2,4H2,1H3,(H,9,11);2-5H,1H3,(H,9,11);5H,2-4H2,1H3;8H,2-6H2,1H3;7-9H,2-6H2,1H3;5-6H,2-4H2,1H3;2-4H,1H3,(H,8,11);5-6H,2-4H2,1H3,(H,8,10);2*5H,2-4H2,1H3;7H,2-5H2,1H3;13*1H4. The monoisotopic (exact) mass is 2040 g/mol. The summed E-state index contributed by atoms with van der Waals surface area (Å²) in [6.07, 6.45) is 51.7. The summed E-state index contributed by atoms with van der Waals surface area (Å²) in [5.74, 6) is 2.32. The molecule has 9 aromatic heterocycles. The van der Waals surface area contributed by atoms with Crippen molar-refractivity contribution in [1.82, 2.24) is 118 Å². The first-order valence-corrected chi connectivity index (χ1v) is 49.0. The number of hydrogen-bond acceptors (Lipinski definition) is 19. The lowest BCUT2D eigenvalue weighted by atomic mass is 9.94. The number of fused-ring (bicyclic) bond motifs is 13. The van der Waals surface area contributed by atoms with Crippen LogP contribution in [0.15, 0.2) is 111 Å². The van der Waals surface area contributed by atoms with Gasteiger partial charge in [-0.15, -0.1) is 0 Å². The fourth-order valence-corrected chi connectivity index (χ4v) is 22.3. The van der Waals surface area contributed by atoms with Crippen LogP contribution in [0.5, 0.6) is 0 Å². The third-order valence-corrected chi connectivity index (χ3v) is 30.1. The van der Waals surface area contributed by atoms with Crippen LogP contribution in [-0.2, 0) is 122 Å². The van der Waals surface area contributed by atoms with E-state index in [1.807, 2.05) is 115 Å². The minimum absolute atomic E-state index is 0. The van der Waals surface area contributed by atoms with E-state index >= 15 is 0 Å². The van der Waals surface area contributed by atoms with E-state index in [0.717, 1.165) is 154 Å². The molecule has 3 saturated carbocycles. The number of likely N-dealkylation sites (N-methyl/N-ethyl adjacent to an activating group) is 3. The molecular weight excluding hydrogens is 1840 g/mol. The minimum Gasteiger partial charge on any atom is -0.358 e. The molecule has 10 atom stereocenters. The second-order valence-corrected chi connectivity index (χ2v) is 38.4. The maximum Gasteiger partial charge on any atom is 0.317 e. The van der Waals surface area contributed by atoms with Gasteiger partial charge in [-0.1, -0.05) is 103 Å². The highest BCUT2D eigenvalue weighted by molar-refractivity contribution is 6.35. The highest BCUT2D eigenvalue weighted by Crippen LogP contribution is 2.32. The number of amides is 6. The second-order valence-electron chi connectivity index (χ2n) is 38.4. The van der Waals surface area contributed by atoms with Crippen LogP contribution in [0.4, 0.5) is 4.79 Å². The molecule has 9 aromatic rings. The second kappa shape index (κ2) is 62.1. The number of amidine groups is 2. The zero-order chi connectivity index (χ0) is 94.1. The van der Waals surface area contributed by atoms with Crippen molar-refractivity contribution in [3.8, 4) is 0 Å². The molecular formula is C112H198N26O8. The molecule has 0 spiro atoms. The van der Waals surface area contributed by atoms with Crippen LogP contribution in [0.1, 0.15) is 300 Å². The number of piperazine rings is 2. The molecule has 6 amide bonds. The first-order chi connectivity index (χ1) is 64.2. The van der Waals surface area contributed by atoms with Crippen LogP contribution >= 0.6 is 0 Å². The predicted molar refractivity (Wildman–Crippen MR) is 608 cm³/mol. The smallest absolute Gasteiger partial charge is 0.317 e. The Kier molecular flexibility index (Phi) is 56.5. The molecule has 146 heavy (non-hydrogen) atoms. The zero-order valence-electron chi connectivity index (χ0n) is 81.0. The van der Waals surface area contributed by atoms with E-state index in [0.29, 0.717) is 23.6 Å². The van der Waals surface area contributed by atoms with Gasteiger partial charge in [0.15, 0.2) is 5.52 Å². The molecule has 7 aliphatic carbocycles. The summed E-state index contributed by atoms with van der Waals surface area (Å²) in [4.78, 5) is 128. The molecule has 17 aliphatic rings. The van der Waals surface area contributed by atoms with Crippen molar-refractivity contribution in [2.24, 2.45) is 65.2 Å². The number of urea groups is 1. The number of aliphatic imine (C=N–C) groups is 2. The van der Waals surface area contributed by atoms with E-state index in [2.05, 4.69) is 150 Å². The third kappa shape index (κ3) is 32.1. The summed E-state index contributed by atoms with van der Waals surface area (Å²) in [5, 5.41) is 19.9. The Bertz CT molecular complexity index is 5520. The molecule has 0 radical (unpaired) electrons. The number of nitrogens with one attached hydrogen (secondary N) is 7. The summed E-state index contributed by atoms with van der Waals surface area (Å²) < 4.78 is 13.8. The summed E-state index contributed by atoms with van der Waals surface area (Å²) in [6.45, 7) is 14.0. The van der Waals surface area contributed by atoms with Crippen molar-refractivity contribution in [3.63, 3.8) is 0 Å². The Balaban J connectivity index is 0.000000786. The summed E-state index contributed by atoms with van der Waals surface area (Å²) in [5.41, 5.74) is 15.1. The molecule has 0 bridgehead atoms. The number of likely N-dealkylation sites (tertiary alicyclic amines) is 1. The number of carbonyl (C=O) groups excluding carboxylic acids is 5. The van der Waals surface area contributed by atoms with E-state index in [4.69, 9.17) is 0 Å². The van der Waals surface area contributed by atoms with E-state index < -0.39 is 11.8 Å². The summed E-state index contributed by atoms with van der Waals surface area (Å²) >= 11 is 0. The Labute approximate surface area is 877 Å². The topological polar surface area (TPSA) is 359 Å². The van der Waals surface area contributed by atoms with Crippen LogP contribution in [-0.4, -0.2) is 274 Å². The van der Waals surface area contributed by atoms with Crippen molar-refractivity contribution in [2.75, 3.05) is 87.1 Å². The fraction of sp³-hybridized carbons (Fsp3) is 0.661. The molecule has 7 saturated heterocycles. The largest absolute Gasteiger partial charge is 0.358 e. The van der Waals surface area contributed by atoms with Crippen molar-refractivity contribution >= 4 is 63.3 Å². The maximum atomic E-state index is 11.3. The number of aryl methyl sites for hydroxylation is 10. The lowest BCUT2D eigenvalue weighted by molar-refractivity contribution is -0.150. The van der Waals surface area contributed by atoms with Crippen molar-refractivity contribution in [2.45, 2.75) is 351 Å². The Hall–Kier alpha value is -11.3. The summed E-state index contributed by atoms with van der Waals surface area (Å²) in [6, 6.07) is 15.0. The molecule has 19 heterocycles.